The Kier molecular flexibility index (Phi) is 8.69. The molecule has 3 aromatic carbocycles. The molecule has 4 rings (SSSR count). The van der Waals surface area contributed by atoms with E-state index < -0.39 is 0 Å². The summed E-state index contributed by atoms with van der Waals surface area (Å²) in [6.45, 7) is 6.77. The van der Waals surface area contributed by atoms with Gasteiger partial charge in [-0.05, 0) is 91.3 Å². The molecule has 1 heterocycles. The lowest BCUT2D eigenvalue weighted by Gasteiger charge is -2.14. The molecule has 1 N–H and O–H groups in total. The summed E-state index contributed by atoms with van der Waals surface area (Å²) in [5.74, 6) is 0.837. The van der Waals surface area contributed by atoms with Crippen LogP contribution in [-0.2, 0) is 6.61 Å². The summed E-state index contributed by atoms with van der Waals surface area (Å²) >= 11 is 9.80. The number of rotatable bonds is 9. The number of hydrazone groups is 1. The summed E-state index contributed by atoms with van der Waals surface area (Å²) in [6, 6.07) is 22.7. The van der Waals surface area contributed by atoms with Gasteiger partial charge in [0.25, 0.3) is 5.91 Å². The van der Waals surface area contributed by atoms with Crippen LogP contribution in [0.1, 0.15) is 39.8 Å². The number of halogens is 2. The van der Waals surface area contributed by atoms with Crippen LogP contribution < -0.4 is 14.9 Å². The standard InChI is InChI=1S/C29H27BrClN3O3/c1-4-36-27-15-23(25(30)16-28(27)37-18-22-7-5-6-8-26(22)31)17-32-33-29(35)21-11-13-24(14-12-21)34-19(2)9-10-20(34)3/h5-17H,4,18H2,1-3H3,(H,33,35)/b32-17-. The number of amides is 1. The van der Waals surface area contributed by atoms with Gasteiger partial charge in [0.15, 0.2) is 11.5 Å². The van der Waals surface area contributed by atoms with E-state index in [1.54, 1.807) is 18.3 Å². The highest BCUT2D eigenvalue weighted by Crippen LogP contribution is 2.34. The van der Waals surface area contributed by atoms with E-state index in [1.165, 1.54) is 0 Å². The molecule has 0 bridgehead atoms. The number of aryl methyl sites for hydroxylation is 2. The van der Waals surface area contributed by atoms with Crippen molar-refractivity contribution in [3.8, 4) is 17.2 Å². The van der Waals surface area contributed by atoms with Gasteiger partial charge in [-0.3, -0.25) is 4.79 Å². The van der Waals surface area contributed by atoms with Gasteiger partial charge in [-0.15, -0.1) is 0 Å². The Morgan fingerprint density at radius 3 is 2.35 bits per heavy atom. The Hall–Kier alpha value is -3.55. The van der Waals surface area contributed by atoms with Crippen molar-refractivity contribution in [3.63, 3.8) is 0 Å². The fourth-order valence-corrected chi connectivity index (χ4v) is 4.48. The first-order valence-electron chi connectivity index (χ1n) is 11.8. The van der Waals surface area contributed by atoms with Crippen LogP contribution in [-0.4, -0.2) is 23.3 Å². The molecule has 0 atom stereocenters. The zero-order chi connectivity index (χ0) is 26.4. The van der Waals surface area contributed by atoms with Gasteiger partial charge >= 0.3 is 0 Å². The van der Waals surface area contributed by atoms with Gasteiger partial charge in [0.1, 0.15) is 6.61 Å². The number of aromatic nitrogens is 1. The lowest BCUT2D eigenvalue weighted by Crippen LogP contribution is -2.17. The number of nitrogens with one attached hydrogen (secondary N) is 1. The minimum Gasteiger partial charge on any atom is -0.490 e. The second-order valence-corrected chi connectivity index (χ2v) is 9.59. The summed E-state index contributed by atoms with van der Waals surface area (Å²) in [4.78, 5) is 12.6. The molecule has 0 spiro atoms. The molecule has 4 aromatic rings. The number of hydrogen-bond donors (Lipinski definition) is 1. The smallest absolute Gasteiger partial charge is 0.271 e. The van der Waals surface area contributed by atoms with Crippen LogP contribution in [0.4, 0.5) is 0 Å². The highest BCUT2D eigenvalue weighted by molar-refractivity contribution is 9.10. The first kappa shape index (κ1) is 26.5. The van der Waals surface area contributed by atoms with Gasteiger partial charge in [-0.25, -0.2) is 5.43 Å². The van der Waals surface area contributed by atoms with Crippen molar-refractivity contribution in [2.24, 2.45) is 5.10 Å². The van der Waals surface area contributed by atoms with Crippen LogP contribution in [0.25, 0.3) is 5.69 Å². The predicted octanol–water partition coefficient (Wildman–Crippen LogP) is 7.25. The van der Waals surface area contributed by atoms with Crippen LogP contribution >= 0.6 is 27.5 Å². The number of nitrogens with zero attached hydrogens (tertiary/aromatic N) is 2. The molecule has 0 aliphatic rings. The predicted molar refractivity (Wildman–Crippen MR) is 151 cm³/mol. The molecule has 0 aliphatic heterocycles. The van der Waals surface area contributed by atoms with Crippen molar-refractivity contribution >= 4 is 39.7 Å². The monoisotopic (exact) mass is 579 g/mol. The SMILES string of the molecule is CCOc1cc(/C=N\NC(=O)c2ccc(-n3c(C)ccc3C)cc2)c(Br)cc1OCc1ccccc1Cl. The molecule has 190 valence electrons. The number of benzene rings is 3. The van der Waals surface area contributed by atoms with Crippen molar-refractivity contribution in [3.05, 3.63) is 110 Å². The Balaban J connectivity index is 1.44. The Morgan fingerprint density at radius 1 is 1.00 bits per heavy atom. The quantitative estimate of drug-likeness (QED) is 0.167. The van der Waals surface area contributed by atoms with Crippen LogP contribution in [0.15, 0.2) is 82.4 Å². The van der Waals surface area contributed by atoms with Gasteiger partial charge < -0.3 is 14.0 Å². The first-order valence-corrected chi connectivity index (χ1v) is 13.0. The molecular formula is C29H27BrClN3O3. The highest BCUT2D eigenvalue weighted by atomic mass is 79.9. The minimum absolute atomic E-state index is 0.301. The number of carbonyl (C=O) groups is 1. The van der Waals surface area contributed by atoms with E-state index in [0.717, 1.165) is 32.7 Å². The maximum Gasteiger partial charge on any atom is 0.271 e. The molecule has 1 amide bonds. The van der Waals surface area contributed by atoms with Crippen molar-refractivity contribution in [1.29, 1.82) is 0 Å². The number of hydrogen-bond acceptors (Lipinski definition) is 4. The third kappa shape index (κ3) is 6.42. The topological polar surface area (TPSA) is 64.8 Å². The molecule has 8 heteroatoms. The van der Waals surface area contributed by atoms with Crippen LogP contribution in [0.3, 0.4) is 0 Å². The van der Waals surface area contributed by atoms with Crippen molar-refractivity contribution < 1.29 is 14.3 Å². The van der Waals surface area contributed by atoms with E-state index in [1.807, 2.05) is 55.5 Å². The lowest BCUT2D eigenvalue weighted by atomic mass is 10.2. The summed E-state index contributed by atoms with van der Waals surface area (Å²) in [5.41, 5.74) is 7.98. The zero-order valence-corrected chi connectivity index (χ0v) is 23.1. The van der Waals surface area contributed by atoms with Gasteiger partial charge in [-0.1, -0.05) is 29.8 Å². The minimum atomic E-state index is -0.301. The second-order valence-electron chi connectivity index (χ2n) is 8.33. The molecule has 6 nitrogen and oxygen atoms in total. The van der Waals surface area contributed by atoms with E-state index >= 15 is 0 Å². The third-order valence-corrected chi connectivity index (χ3v) is 6.79. The maximum atomic E-state index is 12.6. The second kappa shape index (κ2) is 12.1. The van der Waals surface area contributed by atoms with E-state index in [0.29, 0.717) is 35.3 Å². The van der Waals surface area contributed by atoms with Crippen LogP contribution in [0, 0.1) is 13.8 Å². The Morgan fingerprint density at radius 2 is 1.68 bits per heavy atom. The fourth-order valence-electron chi connectivity index (χ4n) is 3.86. The molecule has 0 saturated carbocycles. The molecule has 0 unspecified atom stereocenters. The lowest BCUT2D eigenvalue weighted by molar-refractivity contribution is 0.0955. The summed E-state index contributed by atoms with van der Waals surface area (Å²) < 4.78 is 14.6. The summed E-state index contributed by atoms with van der Waals surface area (Å²) in [6.07, 6.45) is 1.56. The number of ether oxygens (including phenoxy) is 2. The van der Waals surface area contributed by atoms with Gasteiger partial charge in [0.2, 0.25) is 0 Å². The largest absolute Gasteiger partial charge is 0.490 e. The number of carbonyl (C=O) groups excluding carboxylic acids is 1. The molecule has 0 radical (unpaired) electrons. The van der Waals surface area contributed by atoms with Gasteiger partial charge in [-0.2, -0.15) is 5.10 Å². The van der Waals surface area contributed by atoms with E-state index in [-0.39, 0.29) is 5.91 Å². The molecule has 37 heavy (non-hydrogen) atoms. The first-order chi connectivity index (χ1) is 17.9. The van der Waals surface area contributed by atoms with Crippen LogP contribution in [0.5, 0.6) is 11.5 Å². The molecule has 0 saturated heterocycles. The van der Waals surface area contributed by atoms with Crippen molar-refractivity contribution in [1.82, 2.24) is 9.99 Å². The molecule has 0 aliphatic carbocycles. The average Bonchev–Trinajstić information content (AvgIpc) is 3.23. The Labute approximate surface area is 230 Å². The highest BCUT2D eigenvalue weighted by Gasteiger charge is 2.12. The fraction of sp³-hybridized carbons (Fsp3) is 0.172. The Bertz CT molecular complexity index is 1410. The zero-order valence-electron chi connectivity index (χ0n) is 20.8. The van der Waals surface area contributed by atoms with Crippen LogP contribution in [0.2, 0.25) is 5.02 Å². The third-order valence-electron chi connectivity index (χ3n) is 5.73. The normalized spacial score (nSPS) is 11.1. The van der Waals surface area contributed by atoms with Crippen molar-refractivity contribution in [2.45, 2.75) is 27.4 Å². The molecule has 1 aromatic heterocycles. The van der Waals surface area contributed by atoms with E-state index in [9.17, 15) is 4.79 Å². The molecular weight excluding hydrogens is 554 g/mol. The van der Waals surface area contributed by atoms with Crippen molar-refractivity contribution in [2.75, 3.05) is 6.61 Å². The van der Waals surface area contributed by atoms with E-state index in [2.05, 4.69) is 57.0 Å². The average molecular weight is 581 g/mol. The maximum absolute atomic E-state index is 12.6. The van der Waals surface area contributed by atoms with E-state index in [4.69, 9.17) is 21.1 Å². The summed E-state index contributed by atoms with van der Waals surface area (Å²) in [7, 11) is 0. The van der Waals surface area contributed by atoms with Gasteiger partial charge in [0.05, 0.1) is 12.8 Å². The molecule has 0 fully saturated rings. The summed E-state index contributed by atoms with van der Waals surface area (Å²) in [5, 5.41) is 4.78. The van der Waals surface area contributed by atoms with Gasteiger partial charge in [0, 0.05) is 43.3 Å².